The fourth-order valence-corrected chi connectivity index (χ4v) is 3.31. The molecular weight excluding hydrogens is 310 g/mol. The number of hydrogen-bond acceptors (Lipinski definition) is 5. The first-order valence-corrected chi connectivity index (χ1v) is 7.24. The van der Waals surface area contributed by atoms with Crippen LogP contribution in [-0.4, -0.2) is 42.1 Å². The maximum atomic E-state index is 11.8. The second kappa shape index (κ2) is 4.96. The zero-order valence-corrected chi connectivity index (χ0v) is 12.3. The monoisotopic (exact) mass is 325 g/mol. The van der Waals surface area contributed by atoms with Gasteiger partial charge in [0.2, 0.25) is 11.9 Å². The van der Waals surface area contributed by atoms with Gasteiger partial charge in [0.1, 0.15) is 5.82 Å². The Labute approximate surface area is 120 Å². The van der Waals surface area contributed by atoms with Crippen LogP contribution in [0.4, 0.5) is 11.8 Å². The summed E-state index contributed by atoms with van der Waals surface area (Å²) in [5.41, 5.74) is 0. The number of halogens is 1. The number of piperidine rings is 1. The minimum absolute atomic E-state index is 0.0913. The number of nitrogens with one attached hydrogen (secondary N) is 2. The number of aromatic nitrogens is 2. The number of fused-ring (bicyclic) bond motifs is 1. The molecule has 0 aromatic carbocycles. The van der Waals surface area contributed by atoms with Crippen molar-refractivity contribution in [2.45, 2.75) is 18.9 Å². The fourth-order valence-electron chi connectivity index (χ4n) is 2.89. The lowest BCUT2D eigenvalue weighted by Crippen LogP contribution is -2.46. The molecule has 3 rings (SSSR count). The average Bonchev–Trinajstić information content (AvgIpc) is 2.81. The smallest absolute Gasteiger partial charge is 0.225 e. The Morgan fingerprint density at radius 3 is 3.21 bits per heavy atom. The second-order valence-electron chi connectivity index (χ2n) is 4.87. The molecule has 3 heterocycles. The number of nitrogens with zero attached hydrogens (tertiary/aromatic N) is 3. The molecule has 2 unspecified atom stereocenters. The lowest BCUT2D eigenvalue weighted by molar-refractivity contribution is -0.122. The Balaban J connectivity index is 1.94. The summed E-state index contributed by atoms with van der Waals surface area (Å²) in [5, 5.41) is 5.90. The molecule has 102 valence electrons. The largest absolute Gasteiger partial charge is 0.357 e. The molecule has 2 aliphatic heterocycles. The van der Waals surface area contributed by atoms with E-state index in [1.54, 1.807) is 13.2 Å². The van der Waals surface area contributed by atoms with Gasteiger partial charge < -0.3 is 15.5 Å². The van der Waals surface area contributed by atoms with E-state index in [-0.39, 0.29) is 17.9 Å². The Hall–Kier alpha value is -1.37. The molecule has 2 aliphatic rings. The highest BCUT2D eigenvalue weighted by molar-refractivity contribution is 9.10. The Bertz CT molecular complexity index is 509. The van der Waals surface area contributed by atoms with Crippen molar-refractivity contribution in [3.8, 4) is 0 Å². The van der Waals surface area contributed by atoms with Crippen LogP contribution >= 0.6 is 15.9 Å². The standard InChI is InChI=1S/C12H16BrN5O/c1-14-12-16-5-8(13)10(17-12)18-4-2-3-7-9(18)6-15-11(7)19/h5,7,9H,2-4,6H2,1H3,(H,15,19)(H,14,16,17). The highest BCUT2D eigenvalue weighted by Gasteiger charge is 2.41. The van der Waals surface area contributed by atoms with Gasteiger partial charge in [0.25, 0.3) is 0 Å². The minimum atomic E-state index is 0.0913. The van der Waals surface area contributed by atoms with E-state index < -0.39 is 0 Å². The van der Waals surface area contributed by atoms with Crippen molar-refractivity contribution in [2.24, 2.45) is 5.92 Å². The molecule has 0 radical (unpaired) electrons. The van der Waals surface area contributed by atoms with Crippen LogP contribution in [0.2, 0.25) is 0 Å². The quantitative estimate of drug-likeness (QED) is 0.848. The summed E-state index contributed by atoms with van der Waals surface area (Å²) in [6.07, 6.45) is 3.73. The highest BCUT2D eigenvalue weighted by atomic mass is 79.9. The van der Waals surface area contributed by atoms with Crippen LogP contribution in [0.15, 0.2) is 10.7 Å². The van der Waals surface area contributed by atoms with Gasteiger partial charge in [-0.05, 0) is 28.8 Å². The predicted octanol–water partition coefficient (Wildman–Crippen LogP) is 0.996. The van der Waals surface area contributed by atoms with Crippen molar-refractivity contribution in [2.75, 3.05) is 30.4 Å². The van der Waals surface area contributed by atoms with Gasteiger partial charge >= 0.3 is 0 Å². The predicted molar refractivity (Wildman–Crippen MR) is 76.1 cm³/mol. The van der Waals surface area contributed by atoms with Crippen LogP contribution in [0.1, 0.15) is 12.8 Å². The average molecular weight is 326 g/mol. The summed E-state index contributed by atoms with van der Waals surface area (Å²) >= 11 is 3.51. The van der Waals surface area contributed by atoms with Gasteiger partial charge in [0.05, 0.1) is 16.4 Å². The molecule has 6 nitrogen and oxygen atoms in total. The third kappa shape index (κ3) is 2.16. The normalized spacial score (nSPS) is 26.0. The zero-order chi connectivity index (χ0) is 13.4. The molecule has 1 amide bonds. The summed E-state index contributed by atoms with van der Waals surface area (Å²) < 4.78 is 0.867. The van der Waals surface area contributed by atoms with E-state index in [1.807, 2.05) is 0 Å². The second-order valence-corrected chi connectivity index (χ2v) is 5.72. The van der Waals surface area contributed by atoms with E-state index in [9.17, 15) is 4.79 Å². The number of anilines is 2. The van der Waals surface area contributed by atoms with E-state index in [0.717, 1.165) is 29.7 Å². The molecule has 1 aromatic rings. The van der Waals surface area contributed by atoms with Crippen molar-refractivity contribution in [3.63, 3.8) is 0 Å². The fraction of sp³-hybridized carbons (Fsp3) is 0.583. The molecular formula is C12H16BrN5O. The number of amides is 1. The summed E-state index contributed by atoms with van der Waals surface area (Å²) in [5.74, 6) is 1.73. The zero-order valence-electron chi connectivity index (χ0n) is 10.7. The Morgan fingerprint density at radius 1 is 1.58 bits per heavy atom. The van der Waals surface area contributed by atoms with Crippen molar-refractivity contribution < 1.29 is 4.79 Å². The first kappa shape index (κ1) is 12.7. The molecule has 0 bridgehead atoms. The van der Waals surface area contributed by atoms with Crippen molar-refractivity contribution in [1.29, 1.82) is 0 Å². The molecule has 2 saturated heterocycles. The summed E-state index contributed by atoms with van der Waals surface area (Å²) in [7, 11) is 1.80. The molecule has 0 spiro atoms. The van der Waals surface area contributed by atoms with Crippen molar-refractivity contribution in [1.82, 2.24) is 15.3 Å². The number of carbonyl (C=O) groups excluding carboxylic acids is 1. The third-order valence-electron chi connectivity index (χ3n) is 3.82. The van der Waals surface area contributed by atoms with Gasteiger partial charge in [-0.15, -0.1) is 0 Å². The van der Waals surface area contributed by atoms with E-state index in [1.165, 1.54) is 0 Å². The van der Waals surface area contributed by atoms with Gasteiger partial charge in [-0.2, -0.15) is 4.98 Å². The highest BCUT2D eigenvalue weighted by Crippen LogP contribution is 2.34. The molecule has 7 heteroatoms. The molecule has 2 fully saturated rings. The number of rotatable bonds is 2. The van der Waals surface area contributed by atoms with E-state index in [2.05, 4.69) is 41.4 Å². The summed E-state index contributed by atoms with van der Waals surface area (Å²) in [4.78, 5) is 22.7. The van der Waals surface area contributed by atoms with E-state index in [4.69, 9.17) is 0 Å². The van der Waals surface area contributed by atoms with E-state index >= 15 is 0 Å². The molecule has 2 atom stereocenters. The topological polar surface area (TPSA) is 70.2 Å². The van der Waals surface area contributed by atoms with Crippen molar-refractivity contribution >= 4 is 33.6 Å². The van der Waals surface area contributed by atoms with E-state index in [0.29, 0.717) is 12.5 Å². The molecule has 0 aliphatic carbocycles. The van der Waals surface area contributed by atoms with Crippen molar-refractivity contribution in [3.05, 3.63) is 10.7 Å². The van der Waals surface area contributed by atoms with Crippen LogP contribution in [0.3, 0.4) is 0 Å². The van der Waals surface area contributed by atoms with Gasteiger partial charge in [-0.3, -0.25) is 4.79 Å². The van der Waals surface area contributed by atoms with Gasteiger partial charge in [-0.25, -0.2) is 4.98 Å². The number of carbonyl (C=O) groups is 1. The number of hydrogen-bond donors (Lipinski definition) is 2. The van der Waals surface area contributed by atoms with Gasteiger partial charge in [0.15, 0.2) is 0 Å². The molecule has 2 N–H and O–H groups in total. The van der Waals surface area contributed by atoms with Crippen LogP contribution in [0.5, 0.6) is 0 Å². The van der Waals surface area contributed by atoms with Gasteiger partial charge in [-0.1, -0.05) is 0 Å². The lowest BCUT2D eigenvalue weighted by Gasteiger charge is -2.37. The van der Waals surface area contributed by atoms with Crippen LogP contribution < -0.4 is 15.5 Å². The Morgan fingerprint density at radius 2 is 2.42 bits per heavy atom. The minimum Gasteiger partial charge on any atom is -0.357 e. The molecule has 0 saturated carbocycles. The maximum Gasteiger partial charge on any atom is 0.225 e. The summed E-state index contributed by atoms with van der Waals surface area (Å²) in [6.45, 7) is 1.63. The SMILES string of the molecule is CNc1ncc(Br)c(N2CCCC3C(=O)NCC32)n1. The molecule has 19 heavy (non-hydrogen) atoms. The first-order valence-electron chi connectivity index (χ1n) is 6.45. The van der Waals surface area contributed by atoms with Gasteiger partial charge in [0, 0.05) is 26.3 Å². The Kier molecular flexibility index (Phi) is 3.30. The van der Waals surface area contributed by atoms with Crippen LogP contribution in [0.25, 0.3) is 0 Å². The van der Waals surface area contributed by atoms with Crippen LogP contribution in [-0.2, 0) is 4.79 Å². The summed E-state index contributed by atoms with van der Waals surface area (Å²) in [6, 6.07) is 0.206. The molecule has 1 aromatic heterocycles. The third-order valence-corrected chi connectivity index (χ3v) is 4.38. The van der Waals surface area contributed by atoms with Crippen LogP contribution in [0, 0.1) is 5.92 Å². The first-order chi connectivity index (χ1) is 9.20. The maximum absolute atomic E-state index is 11.8. The lowest BCUT2D eigenvalue weighted by atomic mass is 9.91.